The molecule has 26 heavy (non-hydrogen) atoms. The molecule has 0 aliphatic carbocycles. The van der Waals surface area contributed by atoms with Crippen molar-refractivity contribution < 1.29 is 14.9 Å². The Kier molecular flexibility index (Phi) is 4.41. The number of aliphatic hydroxyl groups is 2. The number of anilines is 2. The summed E-state index contributed by atoms with van der Waals surface area (Å²) in [6.45, 7) is 0.296. The van der Waals surface area contributed by atoms with E-state index in [9.17, 15) is 10.2 Å². The number of hydrogen-bond donors (Lipinski definition) is 4. The molecule has 136 valence electrons. The van der Waals surface area contributed by atoms with Gasteiger partial charge in [0.05, 0.1) is 12.7 Å². The van der Waals surface area contributed by atoms with Gasteiger partial charge in [0.25, 0.3) is 0 Å². The zero-order valence-corrected chi connectivity index (χ0v) is 14.0. The molecule has 1 aromatic carbocycles. The number of fused-ring (bicyclic) bond motifs is 1. The molecule has 4 rings (SSSR count). The minimum atomic E-state index is -0.761. The van der Waals surface area contributed by atoms with E-state index in [0.29, 0.717) is 30.1 Å². The quantitative estimate of drug-likeness (QED) is 0.524. The van der Waals surface area contributed by atoms with Gasteiger partial charge < -0.3 is 26.0 Å². The van der Waals surface area contributed by atoms with E-state index in [0.717, 1.165) is 5.56 Å². The van der Waals surface area contributed by atoms with E-state index < -0.39 is 18.4 Å². The maximum atomic E-state index is 10.1. The van der Waals surface area contributed by atoms with Gasteiger partial charge in [0.1, 0.15) is 18.7 Å². The van der Waals surface area contributed by atoms with Crippen molar-refractivity contribution in [3.63, 3.8) is 0 Å². The molecule has 2 aromatic heterocycles. The molecule has 1 aliphatic heterocycles. The van der Waals surface area contributed by atoms with Gasteiger partial charge in [0.15, 0.2) is 17.0 Å². The van der Waals surface area contributed by atoms with Crippen molar-refractivity contribution in [3.05, 3.63) is 42.2 Å². The summed E-state index contributed by atoms with van der Waals surface area (Å²) in [5.74, 6) is 0.792. The Morgan fingerprint density at radius 3 is 2.81 bits per heavy atom. The molecule has 0 saturated carbocycles. The second-order valence-electron chi connectivity index (χ2n) is 6.19. The number of benzene rings is 1. The molecule has 1 unspecified atom stereocenters. The van der Waals surface area contributed by atoms with Gasteiger partial charge in [0, 0.05) is 13.0 Å². The number of aromatic nitrogens is 4. The zero-order chi connectivity index (χ0) is 18.1. The molecule has 1 saturated heterocycles. The first-order valence-electron chi connectivity index (χ1n) is 8.38. The fraction of sp³-hybridized carbons (Fsp3) is 0.353. The van der Waals surface area contributed by atoms with Crippen LogP contribution in [0.5, 0.6) is 0 Å². The Morgan fingerprint density at radius 2 is 2.08 bits per heavy atom. The number of imidazole rings is 1. The van der Waals surface area contributed by atoms with Crippen molar-refractivity contribution >= 4 is 22.9 Å². The summed E-state index contributed by atoms with van der Waals surface area (Å²) >= 11 is 0. The van der Waals surface area contributed by atoms with E-state index in [1.165, 1.54) is 6.33 Å². The smallest absolute Gasteiger partial charge is 0.207 e. The second kappa shape index (κ2) is 6.87. The summed E-state index contributed by atoms with van der Waals surface area (Å²) in [6, 6.07) is 9.90. The summed E-state index contributed by atoms with van der Waals surface area (Å²) in [7, 11) is 0. The number of ether oxygens (including phenoxy) is 1. The van der Waals surface area contributed by atoms with Gasteiger partial charge in [-0.25, -0.2) is 15.0 Å². The Morgan fingerprint density at radius 1 is 1.27 bits per heavy atom. The third-order valence-electron chi connectivity index (χ3n) is 4.47. The van der Waals surface area contributed by atoms with Gasteiger partial charge in [-0.05, 0) is 5.56 Å². The molecule has 3 aromatic rings. The van der Waals surface area contributed by atoms with E-state index in [2.05, 4.69) is 20.3 Å². The van der Waals surface area contributed by atoms with Crippen molar-refractivity contribution in [1.82, 2.24) is 19.5 Å². The molecular weight excluding hydrogens is 336 g/mol. The topological polar surface area (TPSA) is 131 Å². The molecule has 1 fully saturated rings. The number of hydrogen-bond acceptors (Lipinski definition) is 8. The first-order valence-corrected chi connectivity index (χ1v) is 8.38. The molecule has 3 atom stereocenters. The van der Waals surface area contributed by atoms with Crippen molar-refractivity contribution in [3.8, 4) is 0 Å². The predicted molar refractivity (Wildman–Crippen MR) is 95.1 cm³/mol. The Bertz CT molecular complexity index is 900. The van der Waals surface area contributed by atoms with Crippen LogP contribution in [-0.4, -0.2) is 48.5 Å². The summed E-state index contributed by atoms with van der Waals surface area (Å²) < 4.78 is 7.55. The lowest BCUT2D eigenvalue weighted by Gasteiger charge is -2.17. The minimum absolute atomic E-state index is 0.256. The van der Waals surface area contributed by atoms with Gasteiger partial charge in [-0.3, -0.25) is 4.57 Å². The lowest BCUT2D eigenvalue weighted by molar-refractivity contribution is -0.0425. The van der Waals surface area contributed by atoms with E-state index in [1.54, 1.807) is 4.57 Å². The summed E-state index contributed by atoms with van der Waals surface area (Å²) in [5, 5.41) is 22.7. The van der Waals surface area contributed by atoms with E-state index in [4.69, 9.17) is 10.5 Å². The highest BCUT2D eigenvalue weighted by atomic mass is 16.5. The minimum Gasteiger partial charge on any atom is -0.394 e. The first kappa shape index (κ1) is 16.7. The first-order chi connectivity index (χ1) is 12.7. The summed E-state index contributed by atoms with van der Waals surface area (Å²) in [6.07, 6.45) is -0.228. The number of nitrogen functional groups attached to an aromatic ring is 1. The van der Waals surface area contributed by atoms with Gasteiger partial charge in [-0.1, -0.05) is 30.3 Å². The highest BCUT2D eigenvalue weighted by Crippen LogP contribution is 2.34. The third kappa shape index (κ3) is 2.96. The SMILES string of the molecule is Nc1ncnc2c1nc(NCc1ccccc1)n2[C@H]1CC(O)[C@@H](CO)O1. The van der Waals surface area contributed by atoms with Crippen LogP contribution in [-0.2, 0) is 11.3 Å². The summed E-state index contributed by atoms with van der Waals surface area (Å²) in [4.78, 5) is 12.8. The Balaban J connectivity index is 1.71. The van der Waals surface area contributed by atoms with Crippen molar-refractivity contribution in [1.29, 1.82) is 0 Å². The second-order valence-corrected chi connectivity index (χ2v) is 6.19. The summed E-state index contributed by atoms with van der Waals surface area (Å²) in [5.41, 5.74) is 8.01. The highest BCUT2D eigenvalue weighted by molar-refractivity contribution is 5.84. The molecule has 0 bridgehead atoms. The Labute approximate surface area is 149 Å². The molecule has 1 aliphatic rings. The maximum absolute atomic E-state index is 10.1. The number of nitrogens with two attached hydrogens (primary N) is 1. The van der Waals surface area contributed by atoms with Crippen LogP contribution in [0.15, 0.2) is 36.7 Å². The van der Waals surface area contributed by atoms with Gasteiger partial charge in [-0.2, -0.15) is 0 Å². The van der Waals surface area contributed by atoms with Crippen LogP contribution in [0.1, 0.15) is 18.2 Å². The van der Waals surface area contributed by atoms with Crippen LogP contribution < -0.4 is 11.1 Å². The lowest BCUT2D eigenvalue weighted by Crippen LogP contribution is -2.24. The largest absolute Gasteiger partial charge is 0.394 e. The molecule has 0 radical (unpaired) electrons. The normalized spacial score (nSPS) is 22.8. The van der Waals surface area contributed by atoms with Crippen LogP contribution in [0.3, 0.4) is 0 Å². The molecule has 5 N–H and O–H groups in total. The molecule has 3 heterocycles. The number of nitrogens with one attached hydrogen (secondary N) is 1. The van der Waals surface area contributed by atoms with Crippen LogP contribution in [0, 0.1) is 0 Å². The van der Waals surface area contributed by atoms with Crippen LogP contribution in [0.2, 0.25) is 0 Å². The van der Waals surface area contributed by atoms with Gasteiger partial charge in [-0.15, -0.1) is 0 Å². The standard InChI is InChI=1S/C17H20N6O3/c18-15-14-16(21-9-20-15)23(13-6-11(25)12(8-24)26-13)17(22-14)19-7-10-4-2-1-3-5-10/h1-5,9,11-13,24-25H,6-8H2,(H,19,22)(H2,18,20,21)/t11?,12-,13-/m1/s1. The highest BCUT2D eigenvalue weighted by Gasteiger charge is 2.36. The molecule has 9 heteroatoms. The number of rotatable bonds is 5. The zero-order valence-electron chi connectivity index (χ0n) is 14.0. The van der Waals surface area contributed by atoms with E-state index >= 15 is 0 Å². The van der Waals surface area contributed by atoms with Crippen LogP contribution in [0.4, 0.5) is 11.8 Å². The predicted octanol–water partition coefficient (Wildman–Crippen LogP) is 0.661. The third-order valence-corrected chi connectivity index (χ3v) is 4.47. The van der Waals surface area contributed by atoms with Gasteiger partial charge >= 0.3 is 0 Å². The van der Waals surface area contributed by atoms with Crippen LogP contribution >= 0.6 is 0 Å². The Hall–Kier alpha value is -2.75. The average molecular weight is 356 g/mol. The van der Waals surface area contributed by atoms with Crippen LogP contribution in [0.25, 0.3) is 11.2 Å². The van der Waals surface area contributed by atoms with Crippen molar-refractivity contribution in [2.75, 3.05) is 17.7 Å². The number of aliphatic hydroxyl groups excluding tert-OH is 2. The van der Waals surface area contributed by atoms with E-state index in [-0.39, 0.29) is 12.4 Å². The average Bonchev–Trinajstić information content (AvgIpc) is 3.21. The fourth-order valence-electron chi connectivity index (χ4n) is 3.14. The number of nitrogens with zero attached hydrogens (tertiary/aromatic N) is 4. The monoisotopic (exact) mass is 356 g/mol. The molecule has 9 nitrogen and oxygen atoms in total. The van der Waals surface area contributed by atoms with Crippen molar-refractivity contribution in [2.45, 2.75) is 31.4 Å². The van der Waals surface area contributed by atoms with E-state index in [1.807, 2.05) is 30.3 Å². The van der Waals surface area contributed by atoms with Gasteiger partial charge in [0.2, 0.25) is 5.95 Å². The maximum Gasteiger partial charge on any atom is 0.207 e. The molecular formula is C17H20N6O3. The fourth-order valence-corrected chi connectivity index (χ4v) is 3.14. The van der Waals surface area contributed by atoms with Crippen molar-refractivity contribution in [2.24, 2.45) is 0 Å². The lowest BCUT2D eigenvalue weighted by atomic mass is 10.2. The molecule has 0 spiro atoms. The molecule has 0 amide bonds.